The van der Waals surface area contributed by atoms with Crippen molar-refractivity contribution in [3.8, 4) is 0 Å². The number of hydrogen-bond acceptors (Lipinski definition) is 3. The molecule has 3 heteroatoms. The van der Waals surface area contributed by atoms with E-state index in [4.69, 9.17) is 0 Å². The Bertz CT molecular complexity index is 204. The van der Waals surface area contributed by atoms with Gasteiger partial charge in [0.15, 0.2) is 0 Å². The Morgan fingerprint density at radius 3 is 3.30 bits per heavy atom. The number of nitrogens with zero attached hydrogens (tertiary/aromatic N) is 1. The van der Waals surface area contributed by atoms with Crippen molar-refractivity contribution < 1.29 is 9.53 Å². The van der Waals surface area contributed by atoms with E-state index >= 15 is 0 Å². The minimum atomic E-state index is 0.381. The van der Waals surface area contributed by atoms with Crippen molar-refractivity contribution >= 4 is 12.4 Å². The third kappa shape index (κ3) is 1.85. The van der Waals surface area contributed by atoms with Gasteiger partial charge < -0.3 is 4.74 Å². The molecule has 0 spiro atoms. The fourth-order valence-corrected chi connectivity index (χ4v) is 0.610. The van der Waals surface area contributed by atoms with E-state index in [0.29, 0.717) is 18.8 Å². The lowest BCUT2D eigenvalue weighted by atomic mass is 10.4. The smallest absolute Gasteiger partial charge is 0.299 e. The molecule has 52 valence electrons. The third-order valence-corrected chi connectivity index (χ3v) is 1.03. The molecule has 0 aromatic heterocycles. The molecule has 0 bridgehead atoms. The second-order valence-electron chi connectivity index (χ2n) is 1.71. The van der Waals surface area contributed by atoms with Gasteiger partial charge in [-0.2, -0.15) is 0 Å². The molecule has 0 aromatic carbocycles. The van der Waals surface area contributed by atoms with Gasteiger partial charge in [-0.25, -0.2) is 4.99 Å². The topological polar surface area (TPSA) is 38.7 Å². The lowest BCUT2D eigenvalue weighted by Crippen LogP contribution is -2.00. The van der Waals surface area contributed by atoms with E-state index in [0.717, 1.165) is 0 Å². The summed E-state index contributed by atoms with van der Waals surface area (Å²) in [6.07, 6.45) is 7.66. The fraction of sp³-hybridized carbons (Fsp3) is 0.143. The number of aliphatic imine (C=N–C) groups is 1. The minimum absolute atomic E-state index is 0.381. The summed E-state index contributed by atoms with van der Waals surface area (Å²) in [5.74, 6) is 0.431. The first-order chi connectivity index (χ1) is 4.93. The number of allylic oxidation sites excluding steroid dienone is 2. The summed E-state index contributed by atoms with van der Waals surface area (Å²) < 4.78 is 4.53. The van der Waals surface area contributed by atoms with Gasteiger partial charge in [0, 0.05) is 12.6 Å². The second kappa shape index (κ2) is 3.61. The van der Waals surface area contributed by atoms with Crippen LogP contribution in [-0.4, -0.2) is 12.4 Å². The largest absolute Gasteiger partial charge is 0.413 e. The van der Waals surface area contributed by atoms with Crippen molar-refractivity contribution in [1.29, 1.82) is 0 Å². The normalized spacial score (nSPS) is 15.8. The summed E-state index contributed by atoms with van der Waals surface area (Å²) in [6.45, 7) is 0.381. The first-order valence-electron chi connectivity index (χ1n) is 2.92. The molecule has 1 aliphatic heterocycles. The molecule has 0 saturated carbocycles. The van der Waals surface area contributed by atoms with Gasteiger partial charge in [0.05, 0.1) is 0 Å². The first kappa shape index (κ1) is 6.74. The average molecular weight is 137 g/mol. The second-order valence-corrected chi connectivity index (χ2v) is 1.71. The molecule has 0 aromatic rings. The van der Waals surface area contributed by atoms with Gasteiger partial charge >= 0.3 is 0 Å². The maximum absolute atomic E-state index is 9.83. The molecule has 0 aliphatic carbocycles. The van der Waals surface area contributed by atoms with Crippen LogP contribution in [0.3, 0.4) is 0 Å². The van der Waals surface area contributed by atoms with Crippen LogP contribution in [0.1, 0.15) is 6.42 Å². The van der Waals surface area contributed by atoms with Crippen LogP contribution in [0.15, 0.2) is 29.4 Å². The summed E-state index contributed by atoms with van der Waals surface area (Å²) in [5, 5.41) is 0. The zero-order valence-corrected chi connectivity index (χ0v) is 5.36. The Kier molecular flexibility index (Phi) is 2.43. The van der Waals surface area contributed by atoms with Gasteiger partial charge in [0.1, 0.15) is 0 Å². The molecule has 0 fully saturated rings. The summed E-state index contributed by atoms with van der Waals surface area (Å²) in [7, 11) is 0. The van der Waals surface area contributed by atoms with Crippen LogP contribution < -0.4 is 0 Å². The van der Waals surface area contributed by atoms with E-state index in [1.54, 1.807) is 12.3 Å². The number of carbonyl (C=O) groups excluding carboxylic acids is 1. The zero-order chi connectivity index (χ0) is 7.23. The molecular weight excluding hydrogens is 130 g/mol. The number of hydrogen-bond donors (Lipinski definition) is 0. The van der Waals surface area contributed by atoms with Gasteiger partial charge in [-0.1, -0.05) is 12.2 Å². The average Bonchev–Trinajstić information content (AvgIpc) is 2.17. The van der Waals surface area contributed by atoms with Crippen LogP contribution in [-0.2, 0) is 9.53 Å². The summed E-state index contributed by atoms with van der Waals surface area (Å²) in [6, 6.07) is 0. The molecule has 0 unspecified atom stereocenters. The molecule has 0 saturated heterocycles. The van der Waals surface area contributed by atoms with Crippen LogP contribution in [0.4, 0.5) is 0 Å². The van der Waals surface area contributed by atoms with Gasteiger partial charge in [-0.05, 0) is 6.08 Å². The van der Waals surface area contributed by atoms with Gasteiger partial charge in [-0.3, -0.25) is 4.79 Å². The molecule has 1 aliphatic rings. The fourth-order valence-electron chi connectivity index (χ4n) is 0.610. The highest BCUT2D eigenvalue weighted by Gasteiger charge is 1.95. The quantitative estimate of drug-likeness (QED) is 0.506. The lowest BCUT2D eigenvalue weighted by molar-refractivity contribution is -0.121. The standard InChI is InChI=1S/C7H7NO2/c9-6-10-7-4-2-1-3-5-8-7/h1-3,5-6H,4H2. The molecule has 10 heavy (non-hydrogen) atoms. The Balaban J connectivity index is 2.58. The van der Waals surface area contributed by atoms with Crippen LogP contribution in [0, 0.1) is 0 Å². The maximum atomic E-state index is 9.83. The highest BCUT2D eigenvalue weighted by atomic mass is 16.5. The van der Waals surface area contributed by atoms with Crippen molar-refractivity contribution in [1.82, 2.24) is 0 Å². The number of rotatable bonds is 1. The van der Waals surface area contributed by atoms with Gasteiger partial charge in [0.25, 0.3) is 6.47 Å². The Morgan fingerprint density at radius 2 is 2.50 bits per heavy atom. The van der Waals surface area contributed by atoms with E-state index in [-0.39, 0.29) is 0 Å². The highest BCUT2D eigenvalue weighted by molar-refractivity contribution is 5.83. The summed E-state index contributed by atoms with van der Waals surface area (Å²) in [4.78, 5) is 13.7. The van der Waals surface area contributed by atoms with E-state index < -0.39 is 0 Å². The molecular formula is C7H7NO2. The van der Waals surface area contributed by atoms with Crippen molar-refractivity contribution in [3.63, 3.8) is 0 Å². The Hall–Kier alpha value is -1.38. The molecule has 0 amide bonds. The van der Waals surface area contributed by atoms with E-state index in [1.165, 1.54) is 0 Å². The van der Waals surface area contributed by atoms with E-state index in [1.807, 2.05) is 12.2 Å². The molecule has 1 rings (SSSR count). The highest BCUT2D eigenvalue weighted by Crippen LogP contribution is 1.96. The van der Waals surface area contributed by atoms with Gasteiger partial charge in [0.2, 0.25) is 5.90 Å². The molecule has 1 heterocycles. The summed E-state index contributed by atoms with van der Waals surface area (Å²) >= 11 is 0. The number of carbonyl (C=O) groups is 1. The Labute approximate surface area is 58.7 Å². The molecule has 0 atom stereocenters. The first-order valence-corrected chi connectivity index (χ1v) is 2.92. The van der Waals surface area contributed by atoms with Crippen molar-refractivity contribution in [3.05, 3.63) is 24.4 Å². The van der Waals surface area contributed by atoms with E-state index in [9.17, 15) is 4.79 Å². The summed E-state index contributed by atoms with van der Waals surface area (Å²) in [5.41, 5.74) is 0. The molecule has 3 nitrogen and oxygen atoms in total. The van der Waals surface area contributed by atoms with Crippen molar-refractivity contribution in [2.24, 2.45) is 4.99 Å². The molecule has 0 radical (unpaired) electrons. The van der Waals surface area contributed by atoms with E-state index in [2.05, 4.69) is 9.73 Å². The van der Waals surface area contributed by atoms with Crippen LogP contribution in [0.25, 0.3) is 0 Å². The lowest BCUT2D eigenvalue weighted by Gasteiger charge is -1.94. The zero-order valence-electron chi connectivity index (χ0n) is 5.36. The number of ether oxygens (including phenoxy) is 1. The third-order valence-electron chi connectivity index (χ3n) is 1.03. The van der Waals surface area contributed by atoms with Crippen LogP contribution >= 0.6 is 0 Å². The Morgan fingerprint density at radius 1 is 1.60 bits per heavy atom. The maximum Gasteiger partial charge on any atom is 0.299 e. The predicted molar refractivity (Wildman–Crippen MR) is 37.5 cm³/mol. The predicted octanol–water partition coefficient (Wildman–Crippen LogP) is 1.03. The van der Waals surface area contributed by atoms with Crippen LogP contribution in [0.2, 0.25) is 0 Å². The minimum Gasteiger partial charge on any atom is -0.413 e. The van der Waals surface area contributed by atoms with Crippen molar-refractivity contribution in [2.45, 2.75) is 6.42 Å². The van der Waals surface area contributed by atoms with Gasteiger partial charge in [-0.15, -0.1) is 0 Å². The molecule has 0 N–H and O–H groups in total. The SMILES string of the molecule is O=COC1=NC=CC=CC1. The van der Waals surface area contributed by atoms with Crippen LogP contribution in [0.5, 0.6) is 0 Å². The van der Waals surface area contributed by atoms with Crippen molar-refractivity contribution in [2.75, 3.05) is 0 Å². The monoisotopic (exact) mass is 137 g/mol.